The van der Waals surface area contributed by atoms with E-state index in [-0.39, 0.29) is 6.09 Å². The number of unbranched alkanes of at least 4 members (excludes halogenated alkanes) is 2. The standard InChI is InChI=1S/C26H35NO6/c1-4-6-7-15-27(26(30)33-23-10-8-9-20(3)18-23)16-17-32-22-13-11-21(12-14-22)19-24(25(28)29)31-5-2/h8-14,18,24H,4-7,15-17,19H2,1-3H3,(H,28,29). The topological polar surface area (TPSA) is 85.3 Å². The van der Waals surface area contributed by atoms with Gasteiger partial charge in [0.05, 0.1) is 6.54 Å². The van der Waals surface area contributed by atoms with Gasteiger partial charge in [0, 0.05) is 19.6 Å². The van der Waals surface area contributed by atoms with Gasteiger partial charge in [-0.2, -0.15) is 0 Å². The molecule has 0 aliphatic carbocycles. The first kappa shape index (κ1) is 26.2. The molecule has 7 nitrogen and oxygen atoms in total. The summed E-state index contributed by atoms with van der Waals surface area (Å²) in [6.07, 6.45) is 2.05. The second-order valence-corrected chi connectivity index (χ2v) is 7.86. The van der Waals surface area contributed by atoms with E-state index in [0.29, 0.717) is 44.2 Å². The molecule has 0 aromatic heterocycles. The number of amides is 1. The van der Waals surface area contributed by atoms with Crippen molar-refractivity contribution in [3.05, 3.63) is 59.7 Å². The average molecular weight is 458 g/mol. The summed E-state index contributed by atoms with van der Waals surface area (Å²) in [4.78, 5) is 25.6. The van der Waals surface area contributed by atoms with Gasteiger partial charge in [-0.15, -0.1) is 0 Å². The molecule has 2 aromatic carbocycles. The van der Waals surface area contributed by atoms with Crippen LogP contribution in [0.4, 0.5) is 4.79 Å². The summed E-state index contributed by atoms with van der Waals surface area (Å²) in [5, 5.41) is 9.23. The van der Waals surface area contributed by atoms with Crippen molar-refractivity contribution in [1.29, 1.82) is 0 Å². The number of hydrogen-bond donors (Lipinski definition) is 1. The van der Waals surface area contributed by atoms with Crippen molar-refractivity contribution in [1.82, 2.24) is 4.90 Å². The van der Waals surface area contributed by atoms with Crippen LogP contribution < -0.4 is 9.47 Å². The molecule has 0 aliphatic heterocycles. The lowest BCUT2D eigenvalue weighted by molar-refractivity contribution is -0.149. The molecule has 1 unspecified atom stereocenters. The molecule has 0 fully saturated rings. The van der Waals surface area contributed by atoms with Crippen molar-refractivity contribution >= 4 is 12.1 Å². The molecule has 0 aliphatic rings. The Kier molecular flexibility index (Phi) is 11.2. The highest BCUT2D eigenvalue weighted by Gasteiger charge is 2.18. The molecule has 2 aromatic rings. The number of aryl methyl sites for hydroxylation is 1. The number of hydrogen-bond acceptors (Lipinski definition) is 5. The predicted octanol–water partition coefficient (Wildman–Crippen LogP) is 5.10. The lowest BCUT2D eigenvalue weighted by Crippen LogP contribution is -2.37. The number of carboxylic acids is 1. The quantitative estimate of drug-likeness (QED) is 0.398. The molecule has 180 valence electrons. The Morgan fingerprint density at radius 2 is 1.76 bits per heavy atom. The normalized spacial score (nSPS) is 11.6. The minimum atomic E-state index is -0.974. The van der Waals surface area contributed by atoms with Gasteiger partial charge in [-0.1, -0.05) is 44.0 Å². The van der Waals surface area contributed by atoms with Gasteiger partial charge in [0.1, 0.15) is 18.1 Å². The summed E-state index contributed by atoms with van der Waals surface area (Å²) < 4.78 is 16.6. The number of aliphatic carboxylic acids is 1. The van der Waals surface area contributed by atoms with Gasteiger partial charge in [-0.05, 0) is 55.7 Å². The molecule has 2 rings (SSSR count). The Hall–Kier alpha value is -3.06. The van der Waals surface area contributed by atoms with Gasteiger partial charge in [0.15, 0.2) is 6.10 Å². The summed E-state index contributed by atoms with van der Waals surface area (Å²) in [6, 6.07) is 14.7. The van der Waals surface area contributed by atoms with Crippen LogP contribution in [0.1, 0.15) is 44.2 Å². The first-order chi connectivity index (χ1) is 15.9. The van der Waals surface area contributed by atoms with Crippen LogP contribution in [-0.2, 0) is 16.0 Å². The Labute approximate surface area is 196 Å². The molecular formula is C26H35NO6. The van der Waals surface area contributed by atoms with Crippen LogP contribution in [-0.4, -0.2) is 54.5 Å². The number of ether oxygens (including phenoxy) is 3. The first-order valence-electron chi connectivity index (χ1n) is 11.5. The van der Waals surface area contributed by atoms with Crippen LogP contribution in [0.25, 0.3) is 0 Å². The maximum absolute atomic E-state index is 12.7. The molecule has 1 atom stereocenters. The molecule has 1 N–H and O–H groups in total. The van der Waals surface area contributed by atoms with Gasteiger partial charge in [0.25, 0.3) is 0 Å². The smallest absolute Gasteiger partial charge is 0.415 e. The van der Waals surface area contributed by atoms with E-state index in [1.54, 1.807) is 30.0 Å². The van der Waals surface area contributed by atoms with Crippen molar-refractivity contribution in [3.8, 4) is 11.5 Å². The third-order valence-electron chi connectivity index (χ3n) is 5.10. The van der Waals surface area contributed by atoms with E-state index in [2.05, 4.69) is 6.92 Å². The maximum Gasteiger partial charge on any atom is 0.415 e. The third-order valence-corrected chi connectivity index (χ3v) is 5.10. The summed E-state index contributed by atoms with van der Waals surface area (Å²) in [5.74, 6) is 0.212. The zero-order valence-electron chi connectivity index (χ0n) is 19.8. The summed E-state index contributed by atoms with van der Waals surface area (Å²) in [6.45, 7) is 7.53. The molecule has 0 heterocycles. The summed E-state index contributed by atoms with van der Waals surface area (Å²) >= 11 is 0. The minimum Gasteiger partial charge on any atom is -0.492 e. The van der Waals surface area contributed by atoms with E-state index in [1.165, 1.54) is 0 Å². The van der Waals surface area contributed by atoms with Crippen LogP contribution >= 0.6 is 0 Å². The Bertz CT molecular complexity index is 867. The highest BCUT2D eigenvalue weighted by molar-refractivity contribution is 5.72. The monoisotopic (exact) mass is 457 g/mol. The van der Waals surface area contributed by atoms with Gasteiger partial charge >= 0.3 is 12.1 Å². The fraction of sp³-hybridized carbons (Fsp3) is 0.462. The number of carboxylic acid groups (broad SMARTS) is 1. The van der Waals surface area contributed by atoms with E-state index in [9.17, 15) is 14.7 Å². The van der Waals surface area contributed by atoms with E-state index >= 15 is 0 Å². The molecule has 0 saturated carbocycles. The number of carbonyl (C=O) groups excluding carboxylic acids is 1. The second kappa shape index (κ2) is 14.2. The lowest BCUT2D eigenvalue weighted by Gasteiger charge is -2.22. The van der Waals surface area contributed by atoms with Crippen molar-refractivity contribution in [3.63, 3.8) is 0 Å². The number of nitrogens with zero attached hydrogens (tertiary/aromatic N) is 1. The Balaban J connectivity index is 1.89. The van der Waals surface area contributed by atoms with E-state index in [0.717, 1.165) is 30.4 Å². The molecule has 7 heteroatoms. The molecule has 33 heavy (non-hydrogen) atoms. The van der Waals surface area contributed by atoms with E-state index < -0.39 is 12.1 Å². The van der Waals surface area contributed by atoms with Crippen LogP contribution in [0.5, 0.6) is 11.5 Å². The number of rotatable bonds is 14. The number of benzene rings is 2. The fourth-order valence-electron chi connectivity index (χ4n) is 3.32. The summed E-state index contributed by atoms with van der Waals surface area (Å²) in [5.41, 5.74) is 1.88. The predicted molar refractivity (Wildman–Crippen MR) is 127 cm³/mol. The largest absolute Gasteiger partial charge is 0.492 e. The van der Waals surface area contributed by atoms with Gasteiger partial charge in [-0.3, -0.25) is 0 Å². The van der Waals surface area contributed by atoms with Crippen LogP contribution in [0.3, 0.4) is 0 Å². The third kappa shape index (κ3) is 9.53. The van der Waals surface area contributed by atoms with Crippen molar-refractivity contribution in [2.24, 2.45) is 0 Å². The van der Waals surface area contributed by atoms with Crippen LogP contribution in [0.2, 0.25) is 0 Å². The molecule has 0 saturated heterocycles. The van der Waals surface area contributed by atoms with Gasteiger partial charge in [0.2, 0.25) is 0 Å². The fourth-order valence-corrected chi connectivity index (χ4v) is 3.32. The molecular weight excluding hydrogens is 422 g/mol. The van der Waals surface area contributed by atoms with Gasteiger partial charge < -0.3 is 24.2 Å². The zero-order valence-corrected chi connectivity index (χ0v) is 19.8. The molecule has 0 radical (unpaired) electrons. The molecule has 1 amide bonds. The minimum absolute atomic E-state index is 0.291. The Morgan fingerprint density at radius 1 is 1.00 bits per heavy atom. The van der Waals surface area contributed by atoms with Crippen LogP contribution in [0, 0.1) is 6.92 Å². The SMILES string of the molecule is CCCCCN(CCOc1ccc(CC(OCC)C(=O)O)cc1)C(=O)Oc1cccc(C)c1. The van der Waals surface area contributed by atoms with Gasteiger partial charge in [-0.25, -0.2) is 9.59 Å². The molecule has 0 spiro atoms. The summed E-state index contributed by atoms with van der Waals surface area (Å²) in [7, 11) is 0. The first-order valence-corrected chi connectivity index (χ1v) is 11.5. The second-order valence-electron chi connectivity index (χ2n) is 7.86. The maximum atomic E-state index is 12.7. The van der Waals surface area contributed by atoms with E-state index in [4.69, 9.17) is 14.2 Å². The lowest BCUT2D eigenvalue weighted by atomic mass is 10.1. The van der Waals surface area contributed by atoms with Crippen molar-refractivity contribution in [2.75, 3.05) is 26.3 Å². The molecule has 0 bridgehead atoms. The van der Waals surface area contributed by atoms with Crippen molar-refractivity contribution < 1.29 is 28.9 Å². The van der Waals surface area contributed by atoms with Crippen LogP contribution in [0.15, 0.2) is 48.5 Å². The van der Waals surface area contributed by atoms with Crippen molar-refractivity contribution in [2.45, 2.75) is 52.6 Å². The van der Waals surface area contributed by atoms with E-state index in [1.807, 2.05) is 37.3 Å². The highest BCUT2D eigenvalue weighted by Crippen LogP contribution is 2.16. The highest BCUT2D eigenvalue weighted by atomic mass is 16.6. The Morgan fingerprint density at radius 3 is 2.39 bits per heavy atom. The average Bonchev–Trinajstić information content (AvgIpc) is 2.79. The number of carbonyl (C=O) groups is 2. The zero-order chi connectivity index (χ0) is 24.1.